The minimum Gasteiger partial charge on any atom is -0.309 e. The predicted octanol–water partition coefficient (Wildman–Crippen LogP) is 27.4. The van der Waals surface area contributed by atoms with Crippen molar-refractivity contribution in [3.8, 4) is 130 Å². The summed E-state index contributed by atoms with van der Waals surface area (Å²) in [7, 11) is 0. The van der Waals surface area contributed by atoms with E-state index in [0.717, 1.165) is 95.5 Å². The van der Waals surface area contributed by atoms with E-state index in [1.165, 1.54) is 76.5 Å². The van der Waals surface area contributed by atoms with E-state index in [1.807, 2.05) is 97.1 Å². The molecule has 22 rings (SSSR count). The highest BCUT2D eigenvalue weighted by molar-refractivity contribution is 6.11. The first-order chi connectivity index (χ1) is 58.0. The van der Waals surface area contributed by atoms with Crippen LogP contribution in [0.15, 0.2) is 443 Å². The fourth-order valence-electron chi connectivity index (χ4n) is 16.0. The molecule has 0 amide bonds. The van der Waals surface area contributed by atoms with Crippen LogP contribution >= 0.6 is 0 Å². The first-order valence-corrected chi connectivity index (χ1v) is 39.4. The second-order valence-electron chi connectivity index (χ2n) is 28.9. The summed E-state index contributed by atoms with van der Waals surface area (Å²) in [5.41, 5.74) is 27.2. The van der Waals surface area contributed by atoms with E-state index in [-0.39, 0.29) is 0 Å². The van der Waals surface area contributed by atoms with Gasteiger partial charge in [-0.05, 0) is 125 Å². The molecule has 0 atom stereocenters. The van der Waals surface area contributed by atoms with Crippen molar-refractivity contribution in [2.24, 2.45) is 0 Å². The summed E-state index contributed by atoms with van der Waals surface area (Å²) in [5, 5.41) is 7.55. The van der Waals surface area contributed by atoms with Crippen LogP contribution in [0.2, 0.25) is 0 Å². The van der Waals surface area contributed by atoms with E-state index in [2.05, 4.69) is 359 Å². The molecule has 0 fully saturated rings. The maximum atomic E-state index is 5.05. The Balaban J connectivity index is 0.000000113. The van der Waals surface area contributed by atoms with Crippen LogP contribution in [-0.2, 0) is 0 Å². The lowest BCUT2D eigenvalue weighted by Gasteiger charge is -2.13. The zero-order valence-electron chi connectivity index (χ0n) is 63.7. The average molecular weight is 1500 g/mol. The van der Waals surface area contributed by atoms with Crippen molar-refractivity contribution in [2.45, 2.75) is 0 Å². The molecule has 0 unspecified atom stereocenters. The largest absolute Gasteiger partial charge is 0.309 e. The summed E-state index contributed by atoms with van der Waals surface area (Å²) in [5.74, 6) is 2.69. The number of nitrogens with zero attached hydrogens (tertiary/aromatic N) is 9. The summed E-state index contributed by atoms with van der Waals surface area (Å²) in [4.78, 5) is 29.6. The van der Waals surface area contributed by atoms with E-state index >= 15 is 0 Å². The van der Waals surface area contributed by atoms with Gasteiger partial charge in [-0.25, -0.2) is 29.9 Å². The van der Waals surface area contributed by atoms with Crippen molar-refractivity contribution in [2.75, 3.05) is 0 Å². The third-order valence-electron chi connectivity index (χ3n) is 21.7. The van der Waals surface area contributed by atoms with Crippen molar-refractivity contribution >= 4 is 65.4 Å². The van der Waals surface area contributed by atoms with Gasteiger partial charge in [0.2, 0.25) is 0 Å². The molecule has 9 nitrogen and oxygen atoms in total. The lowest BCUT2D eigenvalue weighted by Crippen LogP contribution is -2.00. The van der Waals surface area contributed by atoms with E-state index in [4.69, 9.17) is 29.9 Å². The molecule has 0 saturated heterocycles. The second-order valence-corrected chi connectivity index (χ2v) is 28.9. The summed E-state index contributed by atoms with van der Waals surface area (Å²) in [6, 6.07) is 154. The quantitative estimate of drug-likeness (QED) is 0.114. The Kier molecular flexibility index (Phi) is 18.9. The van der Waals surface area contributed by atoms with Gasteiger partial charge in [0.15, 0.2) is 23.3 Å². The molecule has 6 heterocycles. The molecule has 0 aliphatic carbocycles. The van der Waals surface area contributed by atoms with Gasteiger partial charge in [-0.2, -0.15) is 0 Å². The van der Waals surface area contributed by atoms with Gasteiger partial charge in [-0.15, -0.1) is 0 Å². The normalized spacial score (nSPS) is 11.2. The number of fused-ring (bicyclic) bond motifs is 9. The summed E-state index contributed by atoms with van der Waals surface area (Å²) in [6.07, 6.45) is 0. The van der Waals surface area contributed by atoms with Crippen molar-refractivity contribution < 1.29 is 0 Å². The zero-order valence-corrected chi connectivity index (χ0v) is 63.7. The van der Waals surface area contributed by atoms with Gasteiger partial charge in [0.1, 0.15) is 0 Å². The topological polar surface area (TPSA) is 92.1 Å². The summed E-state index contributed by atoms with van der Waals surface area (Å²) < 4.78 is 7.02. The van der Waals surface area contributed by atoms with Gasteiger partial charge < -0.3 is 13.7 Å². The zero-order chi connectivity index (χ0) is 77.8. The van der Waals surface area contributed by atoms with E-state index in [0.29, 0.717) is 23.3 Å². The van der Waals surface area contributed by atoms with Crippen LogP contribution in [0, 0.1) is 0 Å². The predicted molar refractivity (Wildman–Crippen MR) is 483 cm³/mol. The van der Waals surface area contributed by atoms with Crippen molar-refractivity contribution in [1.29, 1.82) is 0 Å². The molecule has 0 N–H and O–H groups in total. The van der Waals surface area contributed by atoms with Crippen LogP contribution in [0.1, 0.15) is 0 Å². The molecule has 9 heteroatoms. The molecule has 117 heavy (non-hydrogen) atoms. The van der Waals surface area contributed by atoms with E-state index in [1.54, 1.807) is 0 Å². The van der Waals surface area contributed by atoms with Crippen LogP contribution in [-0.4, -0.2) is 43.6 Å². The molecular formula is C108H73N9. The van der Waals surface area contributed by atoms with Crippen molar-refractivity contribution in [1.82, 2.24) is 43.6 Å². The molecule has 550 valence electrons. The number of para-hydroxylation sites is 6. The molecule has 6 aromatic heterocycles. The summed E-state index contributed by atoms with van der Waals surface area (Å²) >= 11 is 0. The minimum atomic E-state index is 0.654. The molecule has 22 aromatic rings. The molecule has 16 aromatic carbocycles. The van der Waals surface area contributed by atoms with Crippen LogP contribution in [0.3, 0.4) is 0 Å². The first kappa shape index (κ1) is 70.3. The highest BCUT2D eigenvalue weighted by Gasteiger charge is 2.20. The van der Waals surface area contributed by atoms with Crippen LogP contribution in [0.4, 0.5) is 0 Å². The minimum absolute atomic E-state index is 0.654. The Morgan fingerprint density at radius 2 is 0.359 bits per heavy atom. The number of pyridine rings is 1. The van der Waals surface area contributed by atoms with Gasteiger partial charge in [-0.1, -0.05) is 340 Å². The van der Waals surface area contributed by atoms with Gasteiger partial charge in [0.25, 0.3) is 0 Å². The average Bonchev–Trinajstić information content (AvgIpc) is 1.62. The Morgan fingerprint density at radius 1 is 0.128 bits per heavy atom. The molecule has 0 aliphatic rings. The number of aromatic nitrogens is 9. The molecule has 0 saturated carbocycles. The van der Waals surface area contributed by atoms with E-state index in [9.17, 15) is 0 Å². The lowest BCUT2D eigenvalue weighted by molar-refractivity contribution is 1.07. The monoisotopic (exact) mass is 1500 g/mol. The second kappa shape index (κ2) is 31.4. The number of benzene rings is 16. The standard InChI is InChI=1S/C40H27N3.C35H24N2.C33H22N4/c1-3-11-28(12-4-1)29-19-21-30(22-20-29)36-27-37(42-40(41-36)32-13-5-2-6-14-32)31-23-25-33(26-24-31)43-38-17-9-7-15-34(38)35-16-8-10-18-39(35)43;1-3-12-25(13-4-1)32-23-28(24-33(36-32)26-14-5-2-6-15-26)27-16-11-17-29(22-27)37-34-20-9-7-18-30(34)31-19-8-10-21-35(31)37;1-3-11-23(12-4-1)31-34-32(24-13-5-2-6-14-24)36-33(35-31)25-19-21-26(22-20-25)37-29-17-9-7-15-27(29)28-16-8-10-18-30(28)37/h1-27H;1-24H;1-22H. The third kappa shape index (κ3) is 14.0. The van der Waals surface area contributed by atoms with Crippen LogP contribution in [0.5, 0.6) is 0 Å². The molecule has 0 radical (unpaired) electrons. The molecule has 0 bridgehead atoms. The number of rotatable bonds is 13. The number of hydrogen-bond acceptors (Lipinski definition) is 6. The fourth-order valence-corrected chi connectivity index (χ4v) is 16.0. The van der Waals surface area contributed by atoms with E-state index < -0.39 is 0 Å². The molecular weight excluding hydrogens is 1420 g/mol. The van der Waals surface area contributed by atoms with Gasteiger partial charge in [-0.3, -0.25) is 0 Å². The smallest absolute Gasteiger partial charge is 0.164 e. The maximum absolute atomic E-state index is 5.05. The van der Waals surface area contributed by atoms with Gasteiger partial charge >= 0.3 is 0 Å². The third-order valence-corrected chi connectivity index (χ3v) is 21.7. The molecule has 0 aliphatic heterocycles. The highest BCUT2D eigenvalue weighted by Crippen LogP contribution is 2.40. The Morgan fingerprint density at radius 3 is 0.709 bits per heavy atom. The van der Waals surface area contributed by atoms with Gasteiger partial charge in [0, 0.05) is 93.9 Å². The van der Waals surface area contributed by atoms with Crippen LogP contribution in [0.25, 0.3) is 195 Å². The maximum Gasteiger partial charge on any atom is 0.164 e. The Hall–Kier alpha value is -15.8. The highest BCUT2D eigenvalue weighted by atomic mass is 15.0. The van der Waals surface area contributed by atoms with Crippen molar-refractivity contribution in [3.05, 3.63) is 443 Å². The summed E-state index contributed by atoms with van der Waals surface area (Å²) in [6.45, 7) is 0. The first-order valence-electron chi connectivity index (χ1n) is 39.4. The molecule has 0 spiro atoms. The Labute approximate surface area is 677 Å². The van der Waals surface area contributed by atoms with Crippen LogP contribution < -0.4 is 0 Å². The fraction of sp³-hybridized carbons (Fsp3) is 0. The lowest BCUT2D eigenvalue weighted by atomic mass is 9.99. The number of hydrogen-bond donors (Lipinski definition) is 0. The SMILES string of the molecule is c1ccc(-c2cc(-c3cccc(-n4c5ccccc5c5ccccc54)c3)cc(-c3ccccc3)n2)cc1.c1ccc(-c2ccc(-c3cc(-c4ccc(-n5c6ccccc6c6ccccc65)cc4)nc(-c4ccccc4)n3)cc2)cc1.c1ccc(-c2nc(-c3ccccc3)nc(-c3ccc(-n4c5ccccc5c5ccccc54)cc3)n2)cc1. The van der Waals surface area contributed by atoms with Gasteiger partial charge in [0.05, 0.1) is 55.9 Å². The Bertz CT molecular complexity index is 7040. The van der Waals surface area contributed by atoms with Crippen molar-refractivity contribution in [3.63, 3.8) is 0 Å².